The van der Waals surface area contributed by atoms with Crippen LogP contribution in [0.5, 0.6) is 0 Å². The summed E-state index contributed by atoms with van der Waals surface area (Å²) < 4.78 is 10.5. The number of ether oxygens (including phenoxy) is 2. The zero-order chi connectivity index (χ0) is 20.4. The number of hydrogen-bond acceptors (Lipinski definition) is 5. The Morgan fingerprint density at radius 2 is 1.85 bits per heavy atom. The van der Waals surface area contributed by atoms with Crippen LogP contribution in [-0.4, -0.2) is 48.0 Å². The Hall–Kier alpha value is -2.37. The number of esters is 1. The van der Waals surface area contributed by atoms with Crippen molar-refractivity contribution in [3.8, 4) is 0 Å². The molecule has 1 amide bonds. The van der Waals surface area contributed by atoms with Crippen molar-refractivity contribution >= 4 is 17.8 Å². The van der Waals surface area contributed by atoms with Crippen molar-refractivity contribution in [3.63, 3.8) is 0 Å². The molecule has 0 aliphatic carbocycles. The summed E-state index contributed by atoms with van der Waals surface area (Å²) in [6, 6.07) is 5.36. The lowest BCUT2D eigenvalue weighted by Gasteiger charge is -2.24. The lowest BCUT2D eigenvalue weighted by atomic mass is 9.84. The number of ketones is 1. The molecule has 1 aliphatic heterocycles. The molecule has 0 spiro atoms. The van der Waals surface area contributed by atoms with Gasteiger partial charge in [0.25, 0.3) is 0 Å². The van der Waals surface area contributed by atoms with E-state index in [0.717, 1.165) is 11.1 Å². The van der Waals surface area contributed by atoms with Gasteiger partial charge in [0, 0.05) is 24.9 Å². The van der Waals surface area contributed by atoms with Gasteiger partial charge in [0.2, 0.25) is 0 Å². The predicted octanol–water partition coefficient (Wildman–Crippen LogP) is 3.71. The maximum atomic E-state index is 12.5. The Labute approximate surface area is 160 Å². The molecule has 0 radical (unpaired) electrons. The third kappa shape index (κ3) is 5.08. The van der Waals surface area contributed by atoms with Gasteiger partial charge in [-0.1, -0.05) is 6.07 Å². The molecular weight excluding hydrogens is 346 g/mol. The van der Waals surface area contributed by atoms with Gasteiger partial charge in [0.15, 0.2) is 0 Å². The zero-order valence-corrected chi connectivity index (χ0v) is 17.0. The van der Waals surface area contributed by atoms with Crippen molar-refractivity contribution in [2.45, 2.75) is 53.1 Å². The van der Waals surface area contributed by atoms with Crippen molar-refractivity contribution in [3.05, 3.63) is 34.9 Å². The second kappa shape index (κ2) is 8.11. The van der Waals surface area contributed by atoms with Crippen LogP contribution in [0.1, 0.15) is 62.0 Å². The van der Waals surface area contributed by atoms with Gasteiger partial charge in [0.1, 0.15) is 11.4 Å². The molecule has 6 nitrogen and oxygen atoms in total. The lowest BCUT2D eigenvalue weighted by molar-refractivity contribution is -0.120. The van der Waals surface area contributed by atoms with Gasteiger partial charge in [-0.2, -0.15) is 0 Å². The molecule has 1 fully saturated rings. The number of hydrogen-bond donors (Lipinski definition) is 0. The average molecular weight is 375 g/mol. The van der Waals surface area contributed by atoms with E-state index in [2.05, 4.69) is 0 Å². The van der Waals surface area contributed by atoms with Crippen LogP contribution in [0.2, 0.25) is 0 Å². The molecule has 0 aromatic heterocycles. The fraction of sp³-hybridized carbons (Fsp3) is 0.571. The molecule has 1 aromatic carbocycles. The summed E-state index contributed by atoms with van der Waals surface area (Å²) in [6.07, 6.45) is -0.421. The highest BCUT2D eigenvalue weighted by Gasteiger charge is 2.40. The highest BCUT2D eigenvalue weighted by atomic mass is 16.6. The Balaban J connectivity index is 2.32. The smallest absolute Gasteiger partial charge is 0.410 e. The minimum atomic E-state index is -0.597. The first-order chi connectivity index (χ1) is 12.5. The highest BCUT2D eigenvalue weighted by Crippen LogP contribution is 2.36. The monoisotopic (exact) mass is 375 g/mol. The molecule has 27 heavy (non-hydrogen) atoms. The maximum absolute atomic E-state index is 12.5. The van der Waals surface area contributed by atoms with Crippen molar-refractivity contribution in [2.75, 3.05) is 19.7 Å². The topological polar surface area (TPSA) is 72.9 Å². The number of aryl methyl sites for hydroxylation is 1. The standard InChI is InChI=1S/C21H29NO5/c1-7-26-19(24)15-9-8-13(2)16(10-15)18-12-22(11-17(18)14(3)23)20(25)27-21(4,5)6/h8-10,17-18H,7,11-12H2,1-6H3/t17-,18-/m0/s1. The van der Waals surface area contributed by atoms with E-state index in [-0.39, 0.29) is 23.6 Å². The molecule has 2 rings (SSSR count). The van der Waals surface area contributed by atoms with Gasteiger partial charge in [-0.3, -0.25) is 4.79 Å². The number of nitrogens with zero attached hydrogens (tertiary/aromatic N) is 1. The van der Waals surface area contributed by atoms with Crippen LogP contribution in [0.25, 0.3) is 0 Å². The second-order valence-electron chi connectivity index (χ2n) is 8.00. The largest absolute Gasteiger partial charge is 0.462 e. The van der Waals surface area contributed by atoms with Gasteiger partial charge in [-0.15, -0.1) is 0 Å². The van der Waals surface area contributed by atoms with Crippen LogP contribution >= 0.6 is 0 Å². The molecule has 1 aromatic rings. The van der Waals surface area contributed by atoms with E-state index < -0.39 is 11.7 Å². The Kier molecular flexibility index (Phi) is 6.29. The molecule has 6 heteroatoms. The van der Waals surface area contributed by atoms with Crippen LogP contribution in [0.15, 0.2) is 18.2 Å². The molecular formula is C21H29NO5. The second-order valence-corrected chi connectivity index (χ2v) is 8.00. The summed E-state index contributed by atoms with van der Waals surface area (Å²) in [4.78, 5) is 38.4. The molecule has 0 N–H and O–H groups in total. The number of likely N-dealkylation sites (tertiary alicyclic amines) is 1. The van der Waals surface area contributed by atoms with Crippen molar-refractivity contribution in [1.82, 2.24) is 4.90 Å². The lowest BCUT2D eigenvalue weighted by Crippen LogP contribution is -2.35. The van der Waals surface area contributed by atoms with Crippen molar-refractivity contribution in [1.29, 1.82) is 0 Å². The first-order valence-corrected chi connectivity index (χ1v) is 9.29. The normalized spacial score (nSPS) is 19.7. The highest BCUT2D eigenvalue weighted by molar-refractivity contribution is 5.90. The Morgan fingerprint density at radius 1 is 1.19 bits per heavy atom. The number of carbonyl (C=O) groups excluding carboxylic acids is 3. The van der Waals surface area contributed by atoms with E-state index in [1.54, 1.807) is 30.9 Å². The SMILES string of the molecule is CCOC(=O)c1ccc(C)c([C@@H]2CN(C(=O)OC(C)(C)C)C[C@H]2C(C)=O)c1. The third-order valence-electron chi connectivity index (χ3n) is 4.68. The first kappa shape index (κ1) is 20.9. The van der Waals surface area contributed by atoms with Crippen molar-refractivity contribution in [2.24, 2.45) is 5.92 Å². The molecule has 148 valence electrons. The zero-order valence-electron chi connectivity index (χ0n) is 17.0. The maximum Gasteiger partial charge on any atom is 0.410 e. The molecule has 0 saturated carbocycles. The fourth-order valence-corrected chi connectivity index (χ4v) is 3.39. The molecule has 0 unspecified atom stereocenters. The average Bonchev–Trinajstić information content (AvgIpc) is 2.99. The predicted molar refractivity (Wildman–Crippen MR) is 102 cm³/mol. The summed E-state index contributed by atoms with van der Waals surface area (Å²) in [5.74, 6) is -0.870. The summed E-state index contributed by atoms with van der Waals surface area (Å²) in [5, 5.41) is 0. The van der Waals surface area contributed by atoms with E-state index >= 15 is 0 Å². The molecule has 1 heterocycles. The molecule has 2 atom stereocenters. The van der Waals surface area contributed by atoms with Gasteiger partial charge >= 0.3 is 12.1 Å². The van der Waals surface area contributed by atoms with Gasteiger partial charge in [0.05, 0.1) is 12.2 Å². The quantitative estimate of drug-likeness (QED) is 0.750. The summed E-state index contributed by atoms with van der Waals surface area (Å²) in [7, 11) is 0. The summed E-state index contributed by atoms with van der Waals surface area (Å²) in [6.45, 7) is 11.7. The summed E-state index contributed by atoms with van der Waals surface area (Å²) >= 11 is 0. The van der Waals surface area contributed by atoms with Crippen LogP contribution in [-0.2, 0) is 14.3 Å². The number of rotatable bonds is 4. The Morgan fingerprint density at radius 3 is 2.41 bits per heavy atom. The van der Waals surface area contributed by atoms with Crippen LogP contribution in [0.3, 0.4) is 0 Å². The van der Waals surface area contributed by atoms with Gasteiger partial charge in [-0.05, 0) is 64.8 Å². The van der Waals surface area contributed by atoms with Crippen LogP contribution in [0, 0.1) is 12.8 Å². The van der Waals surface area contributed by atoms with Gasteiger partial charge < -0.3 is 14.4 Å². The number of amides is 1. The Bertz CT molecular complexity index is 735. The summed E-state index contributed by atoms with van der Waals surface area (Å²) in [5.41, 5.74) is 1.73. The number of benzene rings is 1. The van der Waals surface area contributed by atoms with Crippen LogP contribution < -0.4 is 0 Å². The van der Waals surface area contributed by atoms with Gasteiger partial charge in [-0.25, -0.2) is 9.59 Å². The number of carbonyl (C=O) groups is 3. The molecule has 0 bridgehead atoms. The van der Waals surface area contributed by atoms with E-state index in [1.165, 1.54) is 0 Å². The van der Waals surface area contributed by atoms with E-state index in [9.17, 15) is 14.4 Å². The van der Waals surface area contributed by atoms with E-state index in [1.807, 2.05) is 33.8 Å². The molecule has 1 saturated heterocycles. The van der Waals surface area contributed by atoms with Crippen molar-refractivity contribution < 1.29 is 23.9 Å². The minimum absolute atomic E-state index is 0.0204. The van der Waals surface area contributed by atoms with E-state index in [4.69, 9.17) is 9.47 Å². The fourth-order valence-electron chi connectivity index (χ4n) is 3.39. The third-order valence-corrected chi connectivity index (χ3v) is 4.68. The number of Topliss-reactive ketones (excluding diaryl/α,β-unsaturated/α-hetero) is 1. The molecule has 1 aliphatic rings. The van der Waals surface area contributed by atoms with Crippen LogP contribution in [0.4, 0.5) is 4.79 Å². The van der Waals surface area contributed by atoms with E-state index in [0.29, 0.717) is 25.3 Å². The minimum Gasteiger partial charge on any atom is -0.462 e. The first-order valence-electron chi connectivity index (χ1n) is 9.29.